The summed E-state index contributed by atoms with van der Waals surface area (Å²) in [5.74, 6) is 0.0467. The number of nitrogens with zero attached hydrogens (tertiary/aromatic N) is 1. The lowest BCUT2D eigenvalue weighted by atomic mass is 10.0. The number of carbonyl (C=O) groups excluding carboxylic acids is 1. The fourth-order valence-electron chi connectivity index (χ4n) is 1.79. The summed E-state index contributed by atoms with van der Waals surface area (Å²) in [5.41, 5.74) is 0.416. The Kier molecular flexibility index (Phi) is 5.76. The number of aliphatic hydroxyl groups excluding tert-OH is 1. The zero-order valence-electron chi connectivity index (χ0n) is 11.5. The highest BCUT2D eigenvalue weighted by molar-refractivity contribution is 5.75. The molecule has 4 nitrogen and oxygen atoms in total. The lowest BCUT2D eigenvalue weighted by molar-refractivity contribution is -0.128. The second-order valence-electron chi connectivity index (χ2n) is 4.58. The molecule has 0 bridgehead atoms. The molecular weight excluding hydrogens is 249 g/mol. The van der Waals surface area contributed by atoms with Gasteiger partial charge < -0.3 is 14.7 Å². The van der Waals surface area contributed by atoms with E-state index in [1.54, 1.807) is 14.1 Å². The Labute approximate surface area is 112 Å². The monoisotopic (exact) mass is 269 g/mol. The Morgan fingerprint density at radius 2 is 2.16 bits per heavy atom. The summed E-state index contributed by atoms with van der Waals surface area (Å²) in [6, 6.07) is 4.03. The maximum atomic E-state index is 13.2. The molecule has 0 aliphatic carbocycles. The number of amides is 1. The van der Waals surface area contributed by atoms with Crippen molar-refractivity contribution >= 4 is 5.91 Å². The third-order valence-corrected chi connectivity index (χ3v) is 2.92. The van der Waals surface area contributed by atoms with Crippen LogP contribution in [0.4, 0.5) is 4.39 Å². The molecule has 1 N–H and O–H groups in total. The molecule has 1 unspecified atom stereocenters. The van der Waals surface area contributed by atoms with E-state index in [2.05, 4.69) is 0 Å². The molecule has 0 fully saturated rings. The lowest BCUT2D eigenvalue weighted by Gasteiger charge is -2.15. The second-order valence-corrected chi connectivity index (χ2v) is 4.58. The van der Waals surface area contributed by atoms with Gasteiger partial charge in [0.25, 0.3) is 0 Å². The minimum Gasteiger partial charge on any atom is -0.496 e. The second kappa shape index (κ2) is 7.09. The first kappa shape index (κ1) is 15.4. The van der Waals surface area contributed by atoms with Crippen LogP contribution in [0.25, 0.3) is 0 Å². The van der Waals surface area contributed by atoms with E-state index in [0.717, 1.165) is 0 Å². The molecule has 106 valence electrons. The average Bonchev–Trinajstić information content (AvgIpc) is 2.38. The van der Waals surface area contributed by atoms with Gasteiger partial charge in [-0.1, -0.05) is 0 Å². The van der Waals surface area contributed by atoms with Gasteiger partial charge in [0.05, 0.1) is 13.2 Å². The van der Waals surface area contributed by atoms with Gasteiger partial charge in [-0.05, 0) is 31.0 Å². The summed E-state index contributed by atoms with van der Waals surface area (Å²) in [7, 11) is 4.85. The van der Waals surface area contributed by atoms with Crippen molar-refractivity contribution in [2.75, 3.05) is 21.2 Å². The minimum atomic E-state index is -0.833. The number of halogens is 1. The van der Waals surface area contributed by atoms with E-state index in [4.69, 9.17) is 4.74 Å². The highest BCUT2D eigenvalue weighted by atomic mass is 19.1. The van der Waals surface area contributed by atoms with Crippen LogP contribution in [-0.4, -0.2) is 37.1 Å². The number of hydrogen-bond donors (Lipinski definition) is 1. The summed E-state index contributed by atoms with van der Waals surface area (Å²) in [6.07, 6.45) is 0.458. The van der Waals surface area contributed by atoms with Gasteiger partial charge in [0.2, 0.25) is 5.91 Å². The Balaban J connectivity index is 2.60. The van der Waals surface area contributed by atoms with Crippen molar-refractivity contribution in [3.63, 3.8) is 0 Å². The summed E-state index contributed by atoms with van der Waals surface area (Å²) < 4.78 is 18.3. The van der Waals surface area contributed by atoms with Crippen LogP contribution in [0, 0.1) is 5.82 Å². The van der Waals surface area contributed by atoms with Crippen LogP contribution < -0.4 is 4.74 Å². The van der Waals surface area contributed by atoms with E-state index < -0.39 is 11.9 Å². The Hall–Kier alpha value is -1.62. The van der Waals surface area contributed by atoms with Crippen molar-refractivity contribution in [3.05, 3.63) is 29.6 Å². The van der Waals surface area contributed by atoms with Gasteiger partial charge in [-0.15, -0.1) is 0 Å². The molecule has 0 aromatic heterocycles. The number of ether oxygens (including phenoxy) is 1. The van der Waals surface area contributed by atoms with Crippen molar-refractivity contribution in [2.24, 2.45) is 0 Å². The molecule has 19 heavy (non-hydrogen) atoms. The van der Waals surface area contributed by atoms with Gasteiger partial charge in [0, 0.05) is 26.1 Å². The molecule has 1 aromatic carbocycles. The van der Waals surface area contributed by atoms with Crippen LogP contribution in [0.3, 0.4) is 0 Å². The average molecular weight is 269 g/mol. The van der Waals surface area contributed by atoms with E-state index in [-0.39, 0.29) is 5.91 Å². The highest BCUT2D eigenvalue weighted by Gasteiger charge is 2.15. The topological polar surface area (TPSA) is 49.8 Å². The quantitative estimate of drug-likeness (QED) is 0.860. The summed E-state index contributed by atoms with van der Waals surface area (Å²) in [6.45, 7) is 0. The standard InChI is InChI=1S/C14H20FNO3/c1-16(2)14(18)6-4-5-12(17)11-9-10(15)7-8-13(11)19-3/h7-9,12,17H,4-6H2,1-3H3. The van der Waals surface area contributed by atoms with Gasteiger partial charge in [-0.2, -0.15) is 0 Å². The van der Waals surface area contributed by atoms with Crippen LogP contribution in [0.15, 0.2) is 18.2 Å². The van der Waals surface area contributed by atoms with Crippen molar-refractivity contribution < 1.29 is 19.0 Å². The summed E-state index contributed by atoms with van der Waals surface area (Å²) in [5, 5.41) is 10.0. The lowest BCUT2D eigenvalue weighted by Crippen LogP contribution is -2.21. The summed E-state index contributed by atoms with van der Waals surface area (Å²) in [4.78, 5) is 12.9. The first-order valence-corrected chi connectivity index (χ1v) is 6.17. The largest absolute Gasteiger partial charge is 0.496 e. The van der Waals surface area contributed by atoms with Crippen molar-refractivity contribution in [1.82, 2.24) is 4.90 Å². The van der Waals surface area contributed by atoms with Gasteiger partial charge in [-0.3, -0.25) is 4.79 Å². The smallest absolute Gasteiger partial charge is 0.222 e. The maximum absolute atomic E-state index is 13.2. The van der Waals surface area contributed by atoms with Crippen LogP contribution in [0.2, 0.25) is 0 Å². The molecule has 1 rings (SSSR count). The zero-order valence-corrected chi connectivity index (χ0v) is 11.5. The third kappa shape index (κ3) is 4.52. The normalized spacial score (nSPS) is 12.1. The van der Waals surface area contributed by atoms with Gasteiger partial charge in [-0.25, -0.2) is 4.39 Å². The Morgan fingerprint density at radius 1 is 1.47 bits per heavy atom. The van der Waals surface area contributed by atoms with Crippen LogP contribution in [-0.2, 0) is 4.79 Å². The molecular formula is C14H20FNO3. The first-order chi connectivity index (χ1) is 8.95. The molecule has 1 atom stereocenters. The predicted molar refractivity (Wildman–Crippen MR) is 70.5 cm³/mol. The number of benzene rings is 1. The van der Waals surface area contributed by atoms with Crippen molar-refractivity contribution in [1.29, 1.82) is 0 Å². The van der Waals surface area contributed by atoms with Gasteiger partial charge in [0.1, 0.15) is 11.6 Å². The fraction of sp³-hybridized carbons (Fsp3) is 0.500. The SMILES string of the molecule is COc1ccc(F)cc1C(O)CCCC(=O)N(C)C. The van der Waals surface area contributed by atoms with Gasteiger partial charge in [0.15, 0.2) is 0 Å². The number of aliphatic hydroxyl groups is 1. The molecule has 0 saturated heterocycles. The highest BCUT2D eigenvalue weighted by Crippen LogP contribution is 2.29. The van der Waals surface area contributed by atoms with Crippen molar-refractivity contribution in [3.8, 4) is 5.75 Å². The van der Waals surface area contributed by atoms with Gasteiger partial charge >= 0.3 is 0 Å². The predicted octanol–water partition coefficient (Wildman–Crippen LogP) is 2.13. The molecule has 1 amide bonds. The van der Waals surface area contributed by atoms with E-state index in [9.17, 15) is 14.3 Å². The van der Waals surface area contributed by atoms with E-state index in [1.165, 1.54) is 30.2 Å². The minimum absolute atomic E-state index is 0.0124. The molecule has 0 saturated carbocycles. The Morgan fingerprint density at radius 3 is 2.74 bits per heavy atom. The molecule has 0 radical (unpaired) electrons. The third-order valence-electron chi connectivity index (χ3n) is 2.92. The summed E-state index contributed by atoms with van der Waals surface area (Å²) >= 11 is 0. The van der Waals surface area contributed by atoms with Crippen LogP contribution in [0.5, 0.6) is 5.75 Å². The van der Waals surface area contributed by atoms with E-state index >= 15 is 0 Å². The number of methoxy groups -OCH3 is 1. The van der Waals surface area contributed by atoms with E-state index in [1.807, 2.05) is 0 Å². The zero-order chi connectivity index (χ0) is 14.4. The van der Waals surface area contributed by atoms with Crippen LogP contribution in [0.1, 0.15) is 30.9 Å². The number of rotatable bonds is 6. The molecule has 0 aliphatic rings. The maximum Gasteiger partial charge on any atom is 0.222 e. The van der Waals surface area contributed by atoms with Crippen LogP contribution >= 0.6 is 0 Å². The molecule has 0 heterocycles. The fourth-order valence-corrected chi connectivity index (χ4v) is 1.79. The number of hydrogen-bond acceptors (Lipinski definition) is 3. The molecule has 5 heteroatoms. The molecule has 1 aromatic rings. The Bertz CT molecular complexity index is 435. The first-order valence-electron chi connectivity index (χ1n) is 6.17. The molecule has 0 aliphatic heterocycles. The van der Waals surface area contributed by atoms with Crippen molar-refractivity contribution in [2.45, 2.75) is 25.4 Å². The van der Waals surface area contributed by atoms with E-state index in [0.29, 0.717) is 30.6 Å². The molecule has 0 spiro atoms. The number of carbonyl (C=O) groups is 1.